The standard InChI is InChI=1S/C25H19IN2O3/c1-2-30-23-13-16(11-20-19-9-5-6-10-22(19)28-25(20)29)12-21(26)24(23)31-15-18-8-4-3-7-17(18)14-27/h3-13H,2,15H2,1H3,(H,28,29)/b20-11-. The van der Waals surface area contributed by atoms with Crippen LogP contribution in [0.25, 0.3) is 11.6 Å². The lowest BCUT2D eigenvalue weighted by molar-refractivity contribution is -0.110. The number of hydrogen-bond acceptors (Lipinski definition) is 4. The van der Waals surface area contributed by atoms with E-state index >= 15 is 0 Å². The zero-order valence-electron chi connectivity index (χ0n) is 16.8. The lowest BCUT2D eigenvalue weighted by Crippen LogP contribution is -2.04. The van der Waals surface area contributed by atoms with Crippen LogP contribution in [0, 0.1) is 14.9 Å². The van der Waals surface area contributed by atoms with Gasteiger partial charge in [-0.1, -0.05) is 36.4 Å². The van der Waals surface area contributed by atoms with Crippen LogP contribution >= 0.6 is 22.6 Å². The molecular formula is C25H19IN2O3. The second-order valence-corrected chi connectivity index (χ2v) is 8.04. The molecule has 0 atom stereocenters. The van der Waals surface area contributed by atoms with Gasteiger partial charge in [-0.25, -0.2) is 0 Å². The van der Waals surface area contributed by atoms with E-state index in [4.69, 9.17) is 9.47 Å². The van der Waals surface area contributed by atoms with Gasteiger partial charge in [0.25, 0.3) is 5.91 Å². The molecule has 0 saturated heterocycles. The second-order valence-electron chi connectivity index (χ2n) is 6.88. The summed E-state index contributed by atoms with van der Waals surface area (Å²) in [6.07, 6.45) is 1.86. The molecule has 0 fully saturated rings. The summed E-state index contributed by atoms with van der Waals surface area (Å²) >= 11 is 2.20. The van der Waals surface area contributed by atoms with Crippen molar-refractivity contribution < 1.29 is 14.3 Å². The van der Waals surface area contributed by atoms with E-state index in [1.807, 2.05) is 67.6 Å². The molecule has 0 unspecified atom stereocenters. The van der Waals surface area contributed by atoms with E-state index < -0.39 is 0 Å². The number of ether oxygens (including phenoxy) is 2. The number of nitriles is 1. The third-order valence-corrected chi connectivity index (χ3v) is 5.66. The van der Waals surface area contributed by atoms with E-state index in [1.165, 1.54) is 0 Å². The minimum Gasteiger partial charge on any atom is -0.490 e. The number of para-hydroxylation sites is 1. The number of fused-ring (bicyclic) bond motifs is 1. The summed E-state index contributed by atoms with van der Waals surface area (Å²) < 4.78 is 12.8. The number of rotatable bonds is 6. The summed E-state index contributed by atoms with van der Waals surface area (Å²) in [6.45, 7) is 2.65. The molecule has 3 aromatic rings. The summed E-state index contributed by atoms with van der Waals surface area (Å²) in [6, 6.07) is 21.0. The minimum atomic E-state index is -0.123. The number of hydrogen-bond donors (Lipinski definition) is 1. The predicted molar refractivity (Wildman–Crippen MR) is 129 cm³/mol. The van der Waals surface area contributed by atoms with Crippen LogP contribution in [0.2, 0.25) is 0 Å². The Morgan fingerprint density at radius 3 is 2.68 bits per heavy atom. The third kappa shape index (κ3) is 4.42. The Hall–Kier alpha value is -3.31. The van der Waals surface area contributed by atoms with Gasteiger partial charge in [0.15, 0.2) is 11.5 Å². The molecule has 1 aliphatic rings. The Kier molecular flexibility index (Phi) is 6.23. The number of carbonyl (C=O) groups is 1. The molecule has 0 radical (unpaired) electrons. The van der Waals surface area contributed by atoms with Gasteiger partial charge in [-0.05, 0) is 65.4 Å². The number of benzene rings is 3. The van der Waals surface area contributed by atoms with E-state index in [2.05, 4.69) is 34.0 Å². The Morgan fingerprint density at radius 1 is 1.10 bits per heavy atom. The van der Waals surface area contributed by atoms with Crippen LogP contribution in [0.4, 0.5) is 5.69 Å². The first kappa shape index (κ1) is 20.9. The maximum atomic E-state index is 12.5. The van der Waals surface area contributed by atoms with Crippen molar-refractivity contribution in [2.24, 2.45) is 0 Å². The molecule has 1 aliphatic heterocycles. The average Bonchev–Trinajstić information content (AvgIpc) is 3.08. The fourth-order valence-electron chi connectivity index (χ4n) is 3.43. The quantitative estimate of drug-likeness (QED) is 0.337. The van der Waals surface area contributed by atoms with Crippen molar-refractivity contribution in [3.63, 3.8) is 0 Å². The van der Waals surface area contributed by atoms with Crippen LogP contribution in [-0.2, 0) is 11.4 Å². The topological polar surface area (TPSA) is 71.3 Å². The molecule has 3 aromatic carbocycles. The number of amides is 1. The molecule has 1 heterocycles. The van der Waals surface area contributed by atoms with E-state index in [9.17, 15) is 10.1 Å². The van der Waals surface area contributed by atoms with Gasteiger partial charge in [0, 0.05) is 22.4 Å². The highest BCUT2D eigenvalue weighted by Crippen LogP contribution is 2.38. The predicted octanol–water partition coefficient (Wildman–Crippen LogP) is 5.63. The van der Waals surface area contributed by atoms with E-state index in [1.54, 1.807) is 6.07 Å². The lowest BCUT2D eigenvalue weighted by atomic mass is 10.0. The molecule has 1 amide bonds. The van der Waals surface area contributed by atoms with Gasteiger partial charge in [-0.15, -0.1) is 0 Å². The van der Waals surface area contributed by atoms with Gasteiger partial charge in [0.05, 0.1) is 21.8 Å². The van der Waals surface area contributed by atoms with Crippen LogP contribution in [0.1, 0.15) is 29.2 Å². The molecule has 4 rings (SSSR count). The van der Waals surface area contributed by atoms with Crippen LogP contribution in [0.5, 0.6) is 11.5 Å². The summed E-state index contributed by atoms with van der Waals surface area (Å²) in [4.78, 5) is 12.5. The molecule has 0 spiro atoms. The van der Waals surface area contributed by atoms with E-state index in [0.29, 0.717) is 29.2 Å². The van der Waals surface area contributed by atoms with Crippen molar-refractivity contribution in [3.8, 4) is 17.6 Å². The molecule has 0 bridgehead atoms. The van der Waals surface area contributed by atoms with E-state index in [0.717, 1.165) is 25.9 Å². The van der Waals surface area contributed by atoms with Gasteiger partial charge in [-0.2, -0.15) is 5.26 Å². The molecule has 31 heavy (non-hydrogen) atoms. The second kappa shape index (κ2) is 9.23. The fraction of sp³-hybridized carbons (Fsp3) is 0.120. The number of nitrogens with one attached hydrogen (secondary N) is 1. The molecule has 5 nitrogen and oxygen atoms in total. The van der Waals surface area contributed by atoms with Crippen LogP contribution in [-0.4, -0.2) is 12.5 Å². The largest absolute Gasteiger partial charge is 0.490 e. The van der Waals surface area contributed by atoms with Gasteiger partial charge in [0.2, 0.25) is 0 Å². The Balaban J connectivity index is 1.67. The van der Waals surface area contributed by atoms with Crippen molar-refractivity contribution in [2.45, 2.75) is 13.5 Å². The highest BCUT2D eigenvalue weighted by molar-refractivity contribution is 14.1. The lowest BCUT2D eigenvalue weighted by Gasteiger charge is -2.15. The van der Waals surface area contributed by atoms with Crippen LogP contribution in [0.15, 0.2) is 60.7 Å². The van der Waals surface area contributed by atoms with Gasteiger partial charge >= 0.3 is 0 Å². The van der Waals surface area contributed by atoms with Crippen molar-refractivity contribution >= 4 is 45.8 Å². The molecular weight excluding hydrogens is 503 g/mol. The highest BCUT2D eigenvalue weighted by Gasteiger charge is 2.23. The Bertz CT molecular complexity index is 1230. The average molecular weight is 522 g/mol. The molecule has 6 heteroatoms. The van der Waals surface area contributed by atoms with Gasteiger partial charge in [-0.3, -0.25) is 4.79 Å². The summed E-state index contributed by atoms with van der Waals surface area (Å²) in [5.41, 5.74) is 4.56. The van der Waals surface area contributed by atoms with Crippen molar-refractivity contribution in [2.75, 3.05) is 11.9 Å². The van der Waals surface area contributed by atoms with Crippen molar-refractivity contribution in [1.29, 1.82) is 5.26 Å². The zero-order chi connectivity index (χ0) is 21.8. The maximum Gasteiger partial charge on any atom is 0.256 e. The van der Waals surface area contributed by atoms with Crippen LogP contribution in [0.3, 0.4) is 0 Å². The molecule has 0 saturated carbocycles. The van der Waals surface area contributed by atoms with Gasteiger partial charge in [0.1, 0.15) is 6.61 Å². The first-order chi connectivity index (χ1) is 15.1. The number of carbonyl (C=O) groups excluding carboxylic acids is 1. The Labute approximate surface area is 194 Å². The third-order valence-electron chi connectivity index (χ3n) is 4.86. The highest BCUT2D eigenvalue weighted by atomic mass is 127. The molecule has 0 aliphatic carbocycles. The minimum absolute atomic E-state index is 0.123. The SMILES string of the molecule is CCOc1cc(/C=C2\C(=O)Nc3ccccc32)cc(I)c1OCc1ccccc1C#N. The first-order valence-electron chi connectivity index (χ1n) is 9.80. The molecule has 0 aromatic heterocycles. The number of nitrogens with zero attached hydrogens (tertiary/aromatic N) is 1. The summed E-state index contributed by atoms with van der Waals surface area (Å²) in [5, 5.41) is 12.2. The maximum absolute atomic E-state index is 12.5. The fourth-order valence-corrected chi connectivity index (χ4v) is 4.21. The van der Waals surface area contributed by atoms with Crippen molar-refractivity contribution in [3.05, 3.63) is 86.5 Å². The normalized spacial score (nSPS) is 13.5. The summed E-state index contributed by atoms with van der Waals surface area (Å²) in [5.74, 6) is 1.10. The monoisotopic (exact) mass is 522 g/mol. The number of halogens is 1. The summed E-state index contributed by atoms with van der Waals surface area (Å²) in [7, 11) is 0. The first-order valence-corrected chi connectivity index (χ1v) is 10.9. The number of anilines is 1. The van der Waals surface area contributed by atoms with Crippen molar-refractivity contribution in [1.82, 2.24) is 0 Å². The smallest absolute Gasteiger partial charge is 0.256 e. The zero-order valence-corrected chi connectivity index (χ0v) is 19.0. The Morgan fingerprint density at radius 2 is 1.87 bits per heavy atom. The van der Waals surface area contributed by atoms with Gasteiger partial charge < -0.3 is 14.8 Å². The molecule has 154 valence electrons. The van der Waals surface area contributed by atoms with E-state index in [-0.39, 0.29) is 12.5 Å². The van der Waals surface area contributed by atoms with Crippen LogP contribution < -0.4 is 14.8 Å². The molecule has 1 N–H and O–H groups in total.